The molecule has 0 saturated heterocycles. The van der Waals surface area contributed by atoms with E-state index in [-0.39, 0.29) is 5.41 Å². The van der Waals surface area contributed by atoms with Crippen LogP contribution in [0.15, 0.2) is 18.2 Å². The van der Waals surface area contributed by atoms with Crippen LogP contribution in [0.3, 0.4) is 0 Å². The molecule has 0 aliphatic heterocycles. The van der Waals surface area contributed by atoms with Crippen molar-refractivity contribution in [3.63, 3.8) is 0 Å². The van der Waals surface area contributed by atoms with Crippen LogP contribution in [-0.2, 0) is 4.74 Å². The summed E-state index contributed by atoms with van der Waals surface area (Å²) >= 11 is 7.76. The van der Waals surface area contributed by atoms with Gasteiger partial charge in [-0.1, -0.05) is 42.9 Å². The third kappa shape index (κ3) is 3.81. The van der Waals surface area contributed by atoms with E-state index in [1.807, 2.05) is 18.2 Å². The highest BCUT2D eigenvalue weighted by molar-refractivity contribution is 7.22. The second-order valence-electron chi connectivity index (χ2n) is 5.37. The molecule has 1 heterocycles. The molecule has 1 aromatic carbocycles. The van der Waals surface area contributed by atoms with Crippen molar-refractivity contribution in [1.29, 1.82) is 0 Å². The van der Waals surface area contributed by atoms with Crippen LogP contribution in [0.2, 0.25) is 5.02 Å². The van der Waals surface area contributed by atoms with E-state index in [4.69, 9.17) is 16.3 Å². The summed E-state index contributed by atoms with van der Waals surface area (Å²) in [5.41, 5.74) is 1.13. The smallest absolute Gasteiger partial charge is 0.183 e. The van der Waals surface area contributed by atoms with Gasteiger partial charge in [-0.15, -0.1) is 0 Å². The number of hydrogen-bond acceptors (Lipinski definition) is 4. The van der Waals surface area contributed by atoms with Crippen molar-refractivity contribution in [1.82, 2.24) is 4.98 Å². The first-order valence-electron chi connectivity index (χ1n) is 6.30. The predicted octanol–water partition coefficient (Wildman–Crippen LogP) is 4.42. The molecule has 3 nitrogen and oxygen atoms in total. The largest absolute Gasteiger partial charge is 0.385 e. The molecule has 0 amide bonds. The van der Waals surface area contributed by atoms with Crippen molar-refractivity contribution in [3.8, 4) is 0 Å². The molecule has 0 saturated carbocycles. The number of methoxy groups -OCH3 is 1. The minimum Gasteiger partial charge on any atom is -0.385 e. The van der Waals surface area contributed by atoms with E-state index in [1.165, 1.54) is 0 Å². The molecule has 0 spiro atoms. The van der Waals surface area contributed by atoms with Gasteiger partial charge in [0.1, 0.15) is 0 Å². The Labute approximate surface area is 122 Å². The Kier molecular flexibility index (Phi) is 4.66. The fourth-order valence-corrected chi connectivity index (χ4v) is 2.92. The summed E-state index contributed by atoms with van der Waals surface area (Å²) in [7, 11) is 1.74. The lowest BCUT2D eigenvalue weighted by molar-refractivity contribution is 0.157. The summed E-state index contributed by atoms with van der Waals surface area (Å²) in [5, 5.41) is 5.09. The van der Waals surface area contributed by atoms with E-state index in [0.717, 1.165) is 39.9 Å². The van der Waals surface area contributed by atoms with E-state index >= 15 is 0 Å². The Morgan fingerprint density at radius 3 is 2.89 bits per heavy atom. The fourth-order valence-electron chi connectivity index (χ4n) is 1.77. The number of nitrogens with zero attached hydrogens (tertiary/aromatic N) is 1. The maximum atomic E-state index is 6.16. The molecule has 19 heavy (non-hydrogen) atoms. The highest BCUT2D eigenvalue weighted by Gasteiger charge is 2.18. The molecule has 2 aromatic rings. The monoisotopic (exact) mass is 298 g/mol. The average molecular weight is 299 g/mol. The number of nitrogens with one attached hydrogen (secondary N) is 1. The van der Waals surface area contributed by atoms with Gasteiger partial charge >= 0.3 is 0 Å². The molecule has 5 heteroatoms. The Morgan fingerprint density at radius 1 is 1.42 bits per heavy atom. The standard InChI is InChI=1S/C14H19ClN2OS/c1-14(2,7-8-18-3)9-16-13-17-11-6-4-5-10(15)12(11)19-13/h4-6H,7-9H2,1-3H3,(H,16,17). The zero-order valence-electron chi connectivity index (χ0n) is 11.5. The van der Waals surface area contributed by atoms with E-state index in [9.17, 15) is 0 Å². The average Bonchev–Trinajstić information content (AvgIpc) is 2.79. The van der Waals surface area contributed by atoms with Crippen LogP contribution in [0.25, 0.3) is 10.2 Å². The molecule has 1 aromatic heterocycles. The Hall–Kier alpha value is -0.840. The van der Waals surface area contributed by atoms with Crippen LogP contribution in [0, 0.1) is 5.41 Å². The fraction of sp³-hybridized carbons (Fsp3) is 0.500. The molecule has 0 fully saturated rings. The molecule has 0 aliphatic rings. The topological polar surface area (TPSA) is 34.1 Å². The third-order valence-corrected chi connectivity index (χ3v) is 4.56. The zero-order valence-corrected chi connectivity index (χ0v) is 13.1. The zero-order chi connectivity index (χ0) is 13.9. The number of benzene rings is 1. The maximum absolute atomic E-state index is 6.16. The van der Waals surface area contributed by atoms with Gasteiger partial charge in [0, 0.05) is 20.3 Å². The lowest BCUT2D eigenvalue weighted by Crippen LogP contribution is -2.24. The highest BCUT2D eigenvalue weighted by atomic mass is 35.5. The van der Waals surface area contributed by atoms with Crippen LogP contribution < -0.4 is 5.32 Å². The van der Waals surface area contributed by atoms with E-state index in [2.05, 4.69) is 24.1 Å². The van der Waals surface area contributed by atoms with Crippen LogP contribution in [-0.4, -0.2) is 25.2 Å². The van der Waals surface area contributed by atoms with Gasteiger partial charge in [0.25, 0.3) is 0 Å². The minimum atomic E-state index is 0.178. The van der Waals surface area contributed by atoms with Gasteiger partial charge in [0.05, 0.1) is 15.2 Å². The first kappa shape index (κ1) is 14.6. The SMILES string of the molecule is COCCC(C)(C)CNc1nc2cccc(Cl)c2s1. The second-order valence-corrected chi connectivity index (χ2v) is 6.77. The predicted molar refractivity (Wildman–Crippen MR) is 83.4 cm³/mol. The number of rotatable bonds is 6. The van der Waals surface area contributed by atoms with Gasteiger partial charge < -0.3 is 10.1 Å². The minimum absolute atomic E-state index is 0.178. The molecular weight excluding hydrogens is 280 g/mol. The maximum Gasteiger partial charge on any atom is 0.183 e. The van der Waals surface area contributed by atoms with Gasteiger partial charge in [-0.3, -0.25) is 0 Å². The number of anilines is 1. The molecule has 1 N–H and O–H groups in total. The number of fused-ring (bicyclic) bond motifs is 1. The van der Waals surface area contributed by atoms with Crippen molar-refractivity contribution in [2.24, 2.45) is 5.41 Å². The van der Waals surface area contributed by atoms with Crippen LogP contribution >= 0.6 is 22.9 Å². The summed E-state index contributed by atoms with van der Waals surface area (Å²) in [6.45, 7) is 6.09. The van der Waals surface area contributed by atoms with Gasteiger partial charge in [-0.05, 0) is 24.0 Å². The van der Waals surface area contributed by atoms with E-state index < -0.39 is 0 Å². The van der Waals surface area contributed by atoms with Gasteiger partial charge in [0.15, 0.2) is 5.13 Å². The lowest BCUT2D eigenvalue weighted by Gasteiger charge is -2.24. The first-order chi connectivity index (χ1) is 9.02. The summed E-state index contributed by atoms with van der Waals surface area (Å²) in [5.74, 6) is 0. The molecule has 104 valence electrons. The molecule has 0 bridgehead atoms. The highest BCUT2D eigenvalue weighted by Crippen LogP contribution is 2.32. The van der Waals surface area contributed by atoms with Gasteiger partial charge in [0.2, 0.25) is 0 Å². The van der Waals surface area contributed by atoms with Crippen molar-refractivity contribution in [2.75, 3.05) is 25.6 Å². The Bertz CT molecular complexity index is 553. The first-order valence-corrected chi connectivity index (χ1v) is 7.49. The molecule has 0 aliphatic carbocycles. The van der Waals surface area contributed by atoms with E-state index in [1.54, 1.807) is 18.4 Å². The Balaban J connectivity index is 2.04. The normalized spacial score (nSPS) is 12.0. The number of halogens is 1. The van der Waals surface area contributed by atoms with Crippen molar-refractivity contribution < 1.29 is 4.74 Å². The summed E-state index contributed by atoms with van der Waals surface area (Å²) in [6, 6.07) is 5.81. The van der Waals surface area contributed by atoms with Crippen molar-refractivity contribution in [3.05, 3.63) is 23.2 Å². The van der Waals surface area contributed by atoms with Crippen LogP contribution in [0.4, 0.5) is 5.13 Å². The van der Waals surface area contributed by atoms with Crippen molar-refractivity contribution >= 4 is 38.3 Å². The molecule has 2 rings (SSSR count). The molecule has 0 atom stereocenters. The summed E-state index contributed by atoms with van der Waals surface area (Å²) < 4.78 is 6.18. The lowest BCUT2D eigenvalue weighted by atomic mass is 9.90. The quantitative estimate of drug-likeness (QED) is 0.857. The summed E-state index contributed by atoms with van der Waals surface area (Å²) in [4.78, 5) is 4.55. The van der Waals surface area contributed by atoms with Crippen molar-refractivity contribution in [2.45, 2.75) is 20.3 Å². The number of hydrogen-bond donors (Lipinski definition) is 1. The molecule has 0 radical (unpaired) electrons. The number of aromatic nitrogens is 1. The van der Waals surface area contributed by atoms with Crippen LogP contribution in [0.5, 0.6) is 0 Å². The number of ether oxygens (including phenoxy) is 1. The van der Waals surface area contributed by atoms with E-state index in [0.29, 0.717) is 0 Å². The van der Waals surface area contributed by atoms with Gasteiger partial charge in [-0.25, -0.2) is 4.98 Å². The third-order valence-electron chi connectivity index (χ3n) is 3.07. The Morgan fingerprint density at radius 2 is 2.21 bits per heavy atom. The molecule has 0 unspecified atom stereocenters. The van der Waals surface area contributed by atoms with Gasteiger partial charge in [-0.2, -0.15) is 0 Å². The second kappa shape index (κ2) is 6.07. The van der Waals surface area contributed by atoms with Crippen LogP contribution in [0.1, 0.15) is 20.3 Å². The number of thiazole rings is 1. The molecular formula is C14H19ClN2OS. The summed E-state index contributed by atoms with van der Waals surface area (Å²) in [6.07, 6.45) is 1.02.